The Morgan fingerprint density at radius 3 is 2.57 bits per heavy atom. The number of rotatable bonds is 6. The summed E-state index contributed by atoms with van der Waals surface area (Å²) in [5.74, 6) is 0.952. The van der Waals surface area contributed by atoms with Gasteiger partial charge in [0.15, 0.2) is 0 Å². The van der Waals surface area contributed by atoms with E-state index in [1.165, 1.54) is 11.1 Å². The Morgan fingerprint density at radius 1 is 1.29 bits per heavy atom. The van der Waals surface area contributed by atoms with Crippen LogP contribution in [0.25, 0.3) is 0 Å². The predicted octanol–water partition coefficient (Wildman–Crippen LogP) is 4.05. The normalized spacial score (nSPS) is 17.6. The van der Waals surface area contributed by atoms with Gasteiger partial charge in [-0.3, -0.25) is 4.79 Å². The number of alkyl halides is 1. The number of benzene rings is 1. The van der Waals surface area contributed by atoms with Gasteiger partial charge in [0.25, 0.3) is 0 Å². The molecule has 1 aromatic rings. The molecule has 2 nitrogen and oxygen atoms in total. The van der Waals surface area contributed by atoms with Crippen LogP contribution in [0.15, 0.2) is 24.3 Å². The smallest absolute Gasteiger partial charge is 0.226 e. The molecular weight excluding hydrogens is 282 g/mol. The minimum atomic E-state index is 0.128. The van der Waals surface area contributed by atoms with E-state index in [2.05, 4.69) is 38.1 Å². The third-order valence-corrected chi connectivity index (χ3v) is 4.86. The molecule has 3 heteroatoms. The van der Waals surface area contributed by atoms with Crippen LogP contribution in [-0.4, -0.2) is 29.3 Å². The first-order chi connectivity index (χ1) is 10.2. The summed E-state index contributed by atoms with van der Waals surface area (Å²) in [6.45, 7) is 4.97. The zero-order chi connectivity index (χ0) is 15.2. The van der Waals surface area contributed by atoms with E-state index in [1.54, 1.807) is 0 Å². The summed E-state index contributed by atoms with van der Waals surface area (Å²) in [6, 6.07) is 8.84. The number of aryl methyl sites for hydroxylation is 1. The molecular formula is C18H26ClNO. The average Bonchev–Trinajstić information content (AvgIpc) is 2.54. The molecule has 1 aromatic carbocycles. The first-order valence-corrected chi connectivity index (χ1v) is 8.67. The number of amides is 1. The van der Waals surface area contributed by atoms with E-state index in [9.17, 15) is 4.79 Å². The minimum absolute atomic E-state index is 0.128. The molecule has 0 saturated carbocycles. The highest BCUT2D eigenvalue weighted by atomic mass is 35.5. The van der Waals surface area contributed by atoms with Gasteiger partial charge < -0.3 is 4.90 Å². The van der Waals surface area contributed by atoms with Crippen LogP contribution in [0, 0.1) is 5.92 Å². The lowest BCUT2D eigenvalue weighted by Gasteiger charge is -2.35. The molecule has 116 valence electrons. The number of carbonyl (C=O) groups excluding carboxylic acids is 1. The number of carbonyl (C=O) groups is 1. The van der Waals surface area contributed by atoms with Gasteiger partial charge in [-0.05, 0) is 43.2 Å². The molecule has 0 saturated heterocycles. The second-order valence-corrected chi connectivity index (χ2v) is 6.28. The topological polar surface area (TPSA) is 20.3 Å². The second-order valence-electron chi connectivity index (χ2n) is 5.90. The van der Waals surface area contributed by atoms with Crippen LogP contribution in [-0.2, 0) is 17.6 Å². The number of hydrogen-bond donors (Lipinski definition) is 0. The fraction of sp³-hybridized carbons (Fsp3) is 0.611. The monoisotopic (exact) mass is 307 g/mol. The van der Waals surface area contributed by atoms with Crippen molar-refractivity contribution < 1.29 is 4.79 Å². The summed E-state index contributed by atoms with van der Waals surface area (Å²) in [4.78, 5) is 15.0. The third-order valence-electron chi connectivity index (χ3n) is 4.69. The first-order valence-electron chi connectivity index (χ1n) is 8.14. The van der Waals surface area contributed by atoms with Gasteiger partial charge in [-0.1, -0.05) is 38.1 Å². The van der Waals surface area contributed by atoms with Crippen LogP contribution in [0.2, 0.25) is 0 Å². The fourth-order valence-electron chi connectivity index (χ4n) is 3.44. The standard InChI is InChI=1S/C18H26ClNO/c1-3-17(4-2)20(12-11-19)18(21)16-10-9-14-7-5-6-8-15(14)13-16/h5-8,16-17H,3-4,9-13H2,1-2H3. The first kappa shape index (κ1) is 16.4. The Kier molecular flexibility index (Phi) is 6.10. The van der Waals surface area contributed by atoms with Gasteiger partial charge in [0.05, 0.1) is 0 Å². The number of hydrogen-bond acceptors (Lipinski definition) is 1. The third kappa shape index (κ3) is 3.79. The van der Waals surface area contributed by atoms with Gasteiger partial charge in [-0.15, -0.1) is 11.6 Å². The molecule has 1 aliphatic rings. The molecule has 0 fully saturated rings. The maximum atomic E-state index is 12.9. The summed E-state index contributed by atoms with van der Waals surface area (Å²) < 4.78 is 0. The van der Waals surface area contributed by atoms with Crippen molar-refractivity contribution in [1.82, 2.24) is 4.90 Å². The van der Waals surface area contributed by atoms with Gasteiger partial charge in [0, 0.05) is 24.4 Å². The van der Waals surface area contributed by atoms with E-state index < -0.39 is 0 Å². The minimum Gasteiger partial charge on any atom is -0.338 e. The van der Waals surface area contributed by atoms with Crippen LogP contribution in [0.3, 0.4) is 0 Å². The zero-order valence-corrected chi connectivity index (χ0v) is 13.9. The van der Waals surface area contributed by atoms with Crippen LogP contribution < -0.4 is 0 Å². The van der Waals surface area contributed by atoms with E-state index >= 15 is 0 Å². The summed E-state index contributed by atoms with van der Waals surface area (Å²) in [5, 5.41) is 0. The summed E-state index contributed by atoms with van der Waals surface area (Å²) >= 11 is 5.92. The fourth-order valence-corrected chi connectivity index (χ4v) is 3.62. The summed E-state index contributed by atoms with van der Waals surface area (Å²) in [6.07, 6.45) is 4.87. The maximum absolute atomic E-state index is 12.9. The predicted molar refractivity (Wildman–Crippen MR) is 88.8 cm³/mol. The van der Waals surface area contributed by atoms with Crippen molar-refractivity contribution in [2.75, 3.05) is 12.4 Å². The van der Waals surface area contributed by atoms with Gasteiger partial charge in [-0.2, -0.15) is 0 Å². The molecule has 0 aromatic heterocycles. The lowest BCUT2D eigenvalue weighted by atomic mass is 9.83. The van der Waals surface area contributed by atoms with Crippen molar-refractivity contribution in [3.63, 3.8) is 0 Å². The van der Waals surface area contributed by atoms with Crippen molar-refractivity contribution in [1.29, 1.82) is 0 Å². The molecule has 1 aliphatic carbocycles. The van der Waals surface area contributed by atoms with E-state index in [4.69, 9.17) is 11.6 Å². The molecule has 2 rings (SSSR count). The number of halogens is 1. The van der Waals surface area contributed by atoms with Crippen LogP contribution in [0.1, 0.15) is 44.2 Å². The lowest BCUT2D eigenvalue weighted by Crippen LogP contribution is -2.45. The van der Waals surface area contributed by atoms with Gasteiger partial charge in [0.2, 0.25) is 5.91 Å². The largest absolute Gasteiger partial charge is 0.338 e. The molecule has 1 atom stereocenters. The molecule has 0 spiro atoms. The van der Waals surface area contributed by atoms with E-state index in [-0.39, 0.29) is 5.92 Å². The Bertz CT molecular complexity index is 470. The highest BCUT2D eigenvalue weighted by Gasteiger charge is 2.30. The van der Waals surface area contributed by atoms with E-state index in [1.807, 2.05) is 4.90 Å². The molecule has 0 N–H and O–H groups in total. The summed E-state index contributed by atoms with van der Waals surface area (Å²) in [7, 11) is 0. The van der Waals surface area contributed by atoms with Crippen molar-refractivity contribution in [2.45, 2.75) is 52.0 Å². The highest BCUT2D eigenvalue weighted by Crippen LogP contribution is 2.27. The van der Waals surface area contributed by atoms with Crippen molar-refractivity contribution in [3.8, 4) is 0 Å². The molecule has 0 aliphatic heterocycles. The Balaban J connectivity index is 2.11. The highest BCUT2D eigenvalue weighted by molar-refractivity contribution is 6.18. The van der Waals surface area contributed by atoms with Crippen LogP contribution in [0.4, 0.5) is 0 Å². The average molecular weight is 308 g/mol. The SMILES string of the molecule is CCC(CC)N(CCCl)C(=O)C1CCc2ccccc2C1. The quantitative estimate of drug-likeness (QED) is 0.726. The van der Waals surface area contributed by atoms with Gasteiger partial charge in [0.1, 0.15) is 0 Å². The Hall–Kier alpha value is -1.02. The summed E-state index contributed by atoms with van der Waals surface area (Å²) in [5.41, 5.74) is 2.76. The number of fused-ring (bicyclic) bond motifs is 1. The van der Waals surface area contributed by atoms with E-state index in [0.29, 0.717) is 24.4 Å². The van der Waals surface area contributed by atoms with Gasteiger partial charge in [-0.25, -0.2) is 0 Å². The van der Waals surface area contributed by atoms with Crippen LogP contribution >= 0.6 is 11.6 Å². The molecule has 21 heavy (non-hydrogen) atoms. The van der Waals surface area contributed by atoms with Gasteiger partial charge >= 0.3 is 0 Å². The molecule has 0 heterocycles. The lowest BCUT2D eigenvalue weighted by molar-refractivity contribution is -0.138. The molecule has 0 radical (unpaired) electrons. The second kappa shape index (κ2) is 7.84. The van der Waals surface area contributed by atoms with Crippen molar-refractivity contribution in [3.05, 3.63) is 35.4 Å². The number of nitrogens with zero attached hydrogens (tertiary/aromatic N) is 1. The van der Waals surface area contributed by atoms with Crippen molar-refractivity contribution in [2.24, 2.45) is 5.92 Å². The Morgan fingerprint density at radius 2 is 1.95 bits per heavy atom. The molecule has 0 bridgehead atoms. The molecule has 1 amide bonds. The van der Waals surface area contributed by atoms with Crippen molar-refractivity contribution >= 4 is 17.5 Å². The van der Waals surface area contributed by atoms with Crippen LogP contribution in [0.5, 0.6) is 0 Å². The zero-order valence-electron chi connectivity index (χ0n) is 13.1. The Labute approximate surface area is 133 Å². The maximum Gasteiger partial charge on any atom is 0.226 e. The molecule has 1 unspecified atom stereocenters. The van der Waals surface area contributed by atoms with E-state index in [0.717, 1.165) is 32.1 Å².